The van der Waals surface area contributed by atoms with E-state index in [-0.39, 0.29) is 22.6 Å². The van der Waals surface area contributed by atoms with Crippen LogP contribution in [0.5, 0.6) is 0 Å². The van der Waals surface area contributed by atoms with Gasteiger partial charge in [-0.1, -0.05) is 18.2 Å². The maximum atomic E-state index is 14.2. The molecule has 1 spiro atoms. The van der Waals surface area contributed by atoms with E-state index in [1.807, 2.05) is 6.07 Å². The highest BCUT2D eigenvalue weighted by Crippen LogP contribution is 2.54. The molecule has 184 valence electrons. The number of anilines is 1. The van der Waals surface area contributed by atoms with Crippen LogP contribution in [-0.2, 0) is 43.5 Å². The molecule has 0 bridgehead atoms. The standard InChI is InChI=1S/C24H25N3O8/c1-23(2,3)35-18(29)12-27-15-9-7-6-8-13(15)24(22(27)31)14(11-25)20(26)34-16(10-17(28)32-4)19(24)21(30)33-5/h6-9H,10,12,26H2,1-5H3. The Kier molecular flexibility index (Phi) is 6.60. The van der Waals surface area contributed by atoms with Crippen molar-refractivity contribution in [2.24, 2.45) is 5.73 Å². The maximum absolute atomic E-state index is 14.2. The van der Waals surface area contributed by atoms with Crippen LogP contribution in [0, 0.1) is 11.3 Å². The number of hydrogen-bond acceptors (Lipinski definition) is 10. The van der Waals surface area contributed by atoms with E-state index in [9.17, 15) is 24.4 Å². The van der Waals surface area contributed by atoms with Gasteiger partial charge in [0.05, 0.1) is 14.2 Å². The number of fused-ring (bicyclic) bond motifs is 2. The molecular formula is C24H25N3O8. The SMILES string of the molecule is COC(=O)CC1=C(C(=O)OC)C2(C(=O)N(CC(=O)OC(C)(C)C)c3ccccc32)C(C#N)=C(N)O1. The van der Waals surface area contributed by atoms with Gasteiger partial charge in [-0.3, -0.25) is 19.3 Å². The highest BCUT2D eigenvalue weighted by atomic mass is 16.6. The van der Waals surface area contributed by atoms with Gasteiger partial charge in [0.25, 0.3) is 0 Å². The number of carbonyl (C=O) groups is 4. The smallest absolute Gasteiger partial charge is 0.339 e. The summed E-state index contributed by atoms with van der Waals surface area (Å²) >= 11 is 0. The van der Waals surface area contributed by atoms with E-state index in [2.05, 4.69) is 4.74 Å². The molecule has 3 rings (SSSR count). The summed E-state index contributed by atoms with van der Waals surface area (Å²) in [7, 11) is 2.22. The second kappa shape index (κ2) is 9.13. The van der Waals surface area contributed by atoms with Crippen LogP contribution in [0.15, 0.2) is 47.1 Å². The average molecular weight is 483 g/mol. The van der Waals surface area contributed by atoms with Crippen LogP contribution in [0.1, 0.15) is 32.8 Å². The minimum atomic E-state index is -2.12. The number of nitrogens with zero attached hydrogens (tertiary/aromatic N) is 2. The first-order valence-electron chi connectivity index (χ1n) is 10.5. The minimum absolute atomic E-state index is 0.194. The summed E-state index contributed by atoms with van der Waals surface area (Å²) in [5, 5.41) is 10.0. The molecule has 1 aromatic rings. The lowest BCUT2D eigenvalue weighted by Crippen LogP contribution is -2.50. The van der Waals surface area contributed by atoms with Crippen LogP contribution in [0.4, 0.5) is 5.69 Å². The summed E-state index contributed by atoms with van der Waals surface area (Å²) < 4.78 is 20.5. The van der Waals surface area contributed by atoms with E-state index in [0.717, 1.165) is 19.1 Å². The lowest BCUT2D eigenvalue weighted by Gasteiger charge is -2.35. The Morgan fingerprint density at radius 3 is 2.37 bits per heavy atom. The molecule has 2 aliphatic heterocycles. The lowest BCUT2D eigenvalue weighted by atomic mass is 9.68. The molecular weight excluding hydrogens is 458 g/mol. The van der Waals surface area contributed by atoms with Crippen molar-refractivity contribution in [3.05, 3.63) is 52.6 Å². The highest BCUT2D eigenvalue weighted by Gasteiger charge is 2.62. The molecule has 11 nitrogen and oxygen atoms in total. The van der Waals surface area contributed by atoms with E-state index < -0.39 is 59.3 Å². The van der Waals surface area contributed by atoms with Crippen LogP contribution in [0.2, 0.25) is 0 Å². The maximum Gasteiger partial charge on any atom is 0.339 e. The zero-order chi connectivity index (χ0) is 26.1. The van der Waals surface area contributed by atoms with Crippen LogP contribution < -0.4 is 10.6 Å². The zero-order valence-electron chi connectivity index (χ0n) is 20.0. The first kappa shape index (κ1) is 25.3. The fourth-order valence-corrected chi connectivity index (χ4v) is 4.19. The number of hydrogen-bond donors (Lipinski definition) is 1. The molecule has 1 unspecified atom stereocenters. The first-order valence-corrected chi connectivity index (χ1v) is 10.5. The van der Waals surface area contributed by atoms with E-state index in [1.165, 1.54) is 6.07 Å². The topological polar surface area (TPSA) is 158 Å². The molecule has 2 N–H and O–H groups in total. The predicted octanol–water partition coefficient (Wildman–Crippen LogP) is 1.33. The number of methoxy groups -OCH3 is 2. The number of carbonyl (C=O) groups excluding carboxylic acids is 4. The van der Waals surface area contributed by atoms with Gasteiger partial charge in [-0.15, -0.1) is 0 Å². The summed E-state index contributed by atoms with van der Waals surface area (Å²) in [6.45, 7) is 4.53. The van der Waals surface area contributed by atoms with Gasteiger partial charge < -0.3 is 24.7 Å². The number of amides is 1. The molecule has 0 saturated carbocycles. The number of rotatable bonds is 5. The molecule has 11 heteroatoms. The third-order valence-corrected chi connectivity index (χ3v) is 5.41. The fraction of sp³-hybridized carbons (Fsp3) is 0.375. The third-order valence-electron chi connectivity index (χ3n) is 5.41. The van der Waals surface area contributed by atoms with Crippen molar-refractivity contribution < 1.29 is 38.1 Å². The van der Waals surface area contributed by atoms with Crippen LogP contribution >= 0.6 is 0 Å². The van der Waals surface area contributed by atoms with E-state index in [0.29, 0.717) is 0 Å². The summed E-state index contributed by atoms with van der Waals surface area (Å²) in [5.74, 6) is -4.11. The van der Waals surface area contributed by atoms with E-state index >= 15 is 0 Å². The second-order valence-electron chi connectivity index (χ2n) is 8.74. The second-order valence-corrected chi connectivity index (χ2v) is 8.74. The van der Waals surface area contributed by atoms with Crippen molar-refractivity contribution in [3.63, 3.8) is 0 Å². The van der Waals surface area contributed by atoms with Gasteiger partial charge >= 0.3 is 17.9 Å². The molecule has 0 radical (unpaired) electrons. The van der Waals surface area contributed by atoms with Gasteiger partial charge in [0.1, 0.15) is 41.5 Å². The molecule has 0 aliphatic carbocycles. The predicted molar refractivity (Wildman–Crippen MR) is 120 cm³/mol. The largest absolute Gasteiger partial charge is 0.469 e. The van der Waals surface area contributed by atoms with Crippen molar-refractivity contribution in [1.29, 1.82) is 5.26 Å². The fourth-order valence-electron chi connectivity index (χ4n) is 4.19. The number of nitrogens with two attached hydrogens (primary N) is 1. The molecule has 35 heavy (non-hydrogen) atoms. The zero-order valence-corrected chi connectivity index (χ0v) is 20.0. The molecule has 2 aliphatic rings. The number of para-hydroxylation sites is 1. The summed E-state index contributed by atoms with van der Waals surface area (Å²) in [5.41, 5.74) is 2.77. The lowest BCUT2D eigenvalue weighted by molar-refractivity contribution is -0.153. The van der Waals surface area contributed by atoms with Crippen molar-refractivity contribution in [2.75, 3.05) is 25.7 Å². The van der Waals surface area contributed by atoms with Crippen LogP contribution in [0.25, 0.3) is 0 Å². The molecule has 0 fully saturated rings. The number of esters is 3. The van der Waals surface area contributed by atoms with Gasteiger partial charge in [0, 0.05) is 11.3 Å². The van der Waals surface area contributed by atoms with Gasteiger partial charge in [-0.2, -0.15) is 5.26 Å². The van der Waals surface area contributed by atoms with Gasteiger partial charge in [0.15, 0.2) is 5.41 Å². The van der Waals surface area contributed by atoms with Gasteiger partial charge in [0.2, 0.25) is 11.8 Å². The Balaban J connectivity index is 2.32. The van der Waals surface area contributed by atoms with Crippen molar-refractivity contribution >= 4 is 29.5 Å². The molecule has 1 amide bonds. The monoisotopic (exact) mass is 483 g/mol. The average Bonchev–Trinajstić information content (AvgIpc) is 3.01. The number of benzene rings is 1. The summed E-state index contributed by atoms with van der Waals surface area (Å²) in [4.78, 5) is 53.1. The van der Waals surface area contributed by atoms with Crippen LogP contribution in [0.3, 0.4) is 0 Å². The van der Waals surface area contributed by atoms with Gasteiger partial charge in [-0.25, -0.2) is 4.79 Å². The van der Waals surface area contributed by atoms with Crippen LogP contribution in [-0.4, -0.2) is 50.2 Å². The van der Waals surface area contributed by atoms with Crippen molar-refractivity contribution in [3.8, 4) is 6.07 Å². The Labute approximate surface area is 201 Å². The molecule has 0 saturated heterocycles. The quantitative estimate of drug-likeness (QED) is 0.478. The third kappa shape index (κ3) is 4.19. The molecule has 0 aromatic heterocycles. The highest BCUT2D eigenvalue weighted by molar-refractivity contribution is 6.19. The Morgan fingerprint density at radius 2 is 1.80 bits per heavy atom. The van der Waals surface area contributed by atoms with E-state index in [4.69, 9.17) is 19.9 Å². The molecule has 1 aromatic carbocycles. The van der Waals surface area contributed by atoms with Gasteiger partial charge in [-0.05, 0) is 26.8 Å². The first-order chi connectivity index (χ1) is 16.4. The van der Waals surface area contributed by atoms with Crippen molar-refractivity contribution in [2.45, 2.75) is 38.2 Å². The number of ether oxygens (including phenoxy) is 4. The summed E-state index contributed by atoms with van der Waals surface area (Å²) in [6.07, 6.45) is -0.566. The minimum Gasteiger partial charge on any atom is -0.469 e. The number of nitriles is 1. The molecule has 2 heterocycles. The molecule has 1 atom stereocenters. The van der Waals surface area contributed by atoms with Crippen molar-refractivity contribution in [1.82, 2.24) is 0 Å². The Bertz CT molecular complexity index is 1220. The summed E-state index contributed by atoms with van der Waals surface area (Å²) in [6, 6.07) is 8.18. The Morgan fingerprint density at radius 1 is 1.14 bits per heavy atom. The Hall–Kier alpha value is -4.33. The van der Waals surface area contributed by atoms with E-state index in [1.54, 1.807) is 39.0 Å². The normalized spacial score (nSPS) is 19.2.